The van der Waals surface area contributed by atoms with Gasteiger partial charge in [-0.3, -0.25) is 9.59 Å². The van der Waals surface area contributed by atoms with Crippen molar-refractivity contribution in [3.8, 4) is 0 Å². The zero-order valence-electron chi connectivity index (χ0n) is 11.6. The number of carbonyl (C=O) groups is 1. The Hall–Kier alpha value is -1.41. The van der Waals surface area contributed by atoms with Gasteiger partial charge in [-0.1, -0.05) is 13.8 Å². The third-order valence-corrected chi connectivity index (χ3v) is 3.53. The van der Waals surface area contributed by atoms with E-state index >= 15 is 0 Å². The standard InChI is InChI=1S/C12H18BrN3O4/c1-7(2)9(17)5-14-8-4-15-16(6-10(18)20-3)12(19)11(8)13/h4,7,9,14,17H,5-6H2,1-3H3. The maximum absolute atomic E-state index is 12.0. The zero-order valence-corrected chi connectivity index (χ0v) is 13.2. The summed E-state index contributed by atoms with van der Waals surface area (Å²) in [5.74, 6) is -0.448. The van der Waals surface area contributed by atoms with Gasteiger partial charge < -0.3 is 15.2 Å². The number of hydrogen-bond acceptors (Lipinski definition) is 6. The van der Waals surface area contributed by atoms with Crippen molar-refractivity contribution in [1.29, 1.82) is 0 Å². The zero-order chi connectivity index (χ0) is 15.3. The average Bonchev–Trinajstić information content (AvgIpc) is 2.42. The van der Waals surface area contributed by atoms with E-state index in [1.807, 2.05) is 13.8 Å². The Labute approximate surface area is 125 Å². The fourth-order valence-corrected chi connectivity index (χ4v) is 1.79. The summed E-state index contributed by atoms with van der Waals surface area (Å²) in [7, 11) is 1.24. The summed E-state index contributed by atoms with van der Waals surface area (Å²) in [5, 5.41) is 16.5. The van der Waals surface area contributed by atoms with Gasteiger partial charge in [0.15, 0.2) is 0 Å². The van der Waals surface area contributed by atoms with Crippen LogP contribution in [-0.2, 0) is 16.1 Å². The summed E-state index contributed by atoms with van der Waals surface area (Å²) in [5.41, 5.74) is 0.0234. The molecule has 0 radical (unpaired) electrons. The second kappa shape index (κ2) is 7.39. The summed E-state index contributed by atoms with van der Waals surface area (Å²) in [6.07, 6.45) is 0.890. The largest absolute Gasteiger partial charge is 0.468 e. The van der Waals surface area contributed by atoms with Crippen LogP contribution in [0.25, 0.3) is 0 Å². The molecule has 2 N–H and O–H groups in total. The Morgan fingerprint density at radius 2 is 2.25 bits per heavy atom. The predicted octanol–water partition coefficient (Wildman–Crippen LogP) is 0.608. The van der Waals surface area contributed by atoms with Crippen LogP contribution in [0.1, 0.15) is 13.8 Å². The van der Waals surface area contributed by atoms with Crippen molar-refractivity contribution in [2.45, 2.75) is 26.5 Å². The second-order valence-corrected chi connectivity index (χ2v) is 5.40. The fraction of sp³-hybridized carbons (Fsp3) is 0.583. The average molecular weight is 348 g/mol. The van der Waals surface area contributed by atoms with E-state index in [2.05, 4.69) is 31.1 Å². The summed E-state index contributed by atoms with van der Waals surface area (Å²) in [6, 6.07) is 0. The highest BCUT2D eigenvalue weighted by molar-refractivity contribution is 9.10. The number of halogens is 1. The van der Waals surface area contributed by atoms with E-state index in [1.165, 1.54) is 13.3 Å². The molecule has 0 bridgehead atoms. The second-order valence-electron chi connectivity index (χ2n) is 4.60. The molecule has 1 aromatic rings. The highest BCUT2D eigenvalue weighted by Crippen LogP contribution is 2.16. The van der Waals surface area contributed by atoms with E-state index in [9.17, 15) is 14.7 Å². The van der Waals surface area contributed by atoms with E-state index in [0.29, 0.717) is 12.2 Å². The normalized spacial score (nSPS) is 12.3. The molecule has 20 heavy (non-hydrogen) atoms. The molecule has 0 aliphatic heterocycles. The van der Waals surface area contributed by atoms with Gasteiger partial charge in [-0.25, -0.2) is 4.68 Å². The number of nitrogens with one attached hydrogen (secondary N) is 1. The number of esters is 1. The van der Waals surface area contributed by atoms with Crippen molar-refractivity contribution >= 4 is 27.6 Å². The number of aliphatic hydroxyl groups excluding tert-OH is 1. The third-order valence-electron chi connectivity index (χ3n) is 2.76. The van der Waals surface area contributed by atoms with Gasteiger partial charge in [0.1, 0.15) is 11.0 Å². The first kappa shape index (κ1) is 16.6. The molecule has 0 aliphatic rings. The van der Waals surface area contributed by atoms with Crippen LogP contribution in [0, 0.1) is 5.92 Å². The lowest BCUT2D eigenvalue weighted by Crippen LogP contribution is -2.30. The highest BCUT2D eigenvalue weighted by atomic mass is 79.9. The maximum atomic E-state index is 12.0. The van der Waals surface area contributed by atoms with Gasteiger partial charge in [-0.2, -0.15) is 5.10 Å². The van der Waals surface area contributed by atoms with Gasteiger partial charge in [0.2, 0.25) is 0 Å². The molecule has 1 heterocycles. The van der Waals surface area contributed by atoms with Crippen molar-refractivity contribution in [3.63, 3.8) is 0 Å². The number of methoxy groups -OCH3 is 1. The van der Waals surface area contributed by atoms with E-state index in [1.54, 1.807) is 0 Å². The minimum atomic E-state index is -0.553. The lowest BCUT2D eigenvalue weighted by molar-refractivity contribution is -0.141. The molecule has 7 nitrogen and oxygen atoms in total. The van der Waals surface area contributed by atoms with Gasteiger partial charge in [-0.15, -0.1) is 0 Å². The number of carbonyl (C=O) groups excluding carboxylic acids is 1. The van der Waals surface area contributed by atoms with Crippen LogP contribution in [0.4, 0.5) is 5.69 Å². The Morgan fingerprint density at radius 1 is 1.60 bits per heavy atom. The maximum Gasteiger partial charge on any atom is 0.327 e. The summed E-state index contributed by atoms with van der Waals surface area (Å²) in [4.78, 5) is 23.1. The molecule has 1 unspecified atom stereocenters. The van der Waals surface area contributed by atoms with Crippen LogP contribution in [0.15, 0.2) is 15.5 Å². The van der Waals surface area contributed by atoms with Crippen molar-refractivity contribution in [1.82, 2.24) is 9.78 Å². The van der Waals surface area contributed by atoms with Gasteiger partial charge in [-0.05, 0) is 21.8 Å². The van der Waals surface area contributed by atoms with Crippen LogP contribution >= 0.6 is 15.9 Å². The smallest absolute Gasteiger partial charge is 0.327 e. The van der Waals surface area contributed by atoms with E-state index in [-0.39, 0.29) is 16.9 Å². The molecule has 112 valence electrons. The molecule has 0 saturated heterocycles. The van der Waals surface area contributed by atoms with Gasteiger partial charge in [0.05, 0.1) is 25.1 Å². The van der Waals surface area contributed by atoms with Gasteiger partial charge in [0.25, 0.3) is 5.56 Å². The van der Waals surface area contributed by atoms with Crippen LogP contribution in [0.3, 0.4) is 0 Å². The third kappa shape index (κ3) is 4.31. The molecule has 0 aromatic carbocycles. The van der Waals surface area contributed by atoms with Crippen LogP contribution < -0.4 is 10.9 Å². The molecular weight excluding hydrogens is 330 g/mol. The lowest BCUT2D eigenvalue weighted by Gasteiger charge is -2.16. The number of hydrogen-bond donors (Lipinski definition) is 2. The van der Waals surface area contributed by atoms with Gasteiger partial charge in [0, 0.05) is 6.54 Å². The topological polar surface area (TPSA) is 93.5 Å². The molecule has 1 atom stereocenters. The predicted molar refractivity (Wildman–Crippen MR) is 77.5 cm³/mol. The molecule has 0 fully saturated rings. The number of ether oxygens (including phenoxy) is 1. The van der Waals surface area contributed by atoms with Crippen LogP contribution in [0.2, 0.25) is 0 Å². The van der Waals surface area contributed by atoms with E-state index in [0.717, 1.165) is 4.68 Å². The van der Waals surface area contributed by atoms with E-state index in [4.69, 9.17) is 0 Å². The van der Waals surface area contributed by atoms with Crippen LogP contribution in [-0.4, -0.2) is 40.6 Å². The summed E-state index contributed by atoms with van der Waals surface area (Å²) < 4.78 is 5.74. The first-order chi connectivity index (χ1) is 9.36. The SMILES string of the molecule is COC(=O)Cn1ncc(NCC(O)C(C)C)c(Br)c1=O. The minimum absolute atomic E-state index is 0.105. The van der Waals surface area contributed by atoms with Crippen molar-refractivity contribution < 1.29 is 14.6 Å². The Bertz CT molecular complexity index is 530. The molecule has 0 saturated carbocycles. The number of aliphatic hydroxyl groups is 1. The molecule has 0 spiro atoms. The van der Waals surface area contributed by atoms with Crippen molar-refractivity contribution in [3.05, 3.63) is 21.0 Å². The summed E-state index contributed by atoms with van der Waals surface area (Å²) >= 11 is 3.16. The number of nitrogens with zero attached hydrogens (tertiary/aromatic N) is 2. The molecular formula is C12H18BrN3O4. The molecule has 8 heteroatoms. The molecule has 0 amide bonds. The fourth-order valence-electron chi connectivity index (χ4n) is 1.34. The molecule has 0 aliphatic carbocycles. The lowest BCUT2D eigenvalue weighted by atomic mass is 10.1. The minimum Gasteiger partial charge on any atom is -0.468 e. The van der Waals surface area contributed by atoms with E-state index < -0.39 is 17.6 Å². The first-order valence-electron chi connectivity index (χ1n) is 6.11. The Morgan fingerprint density at radius 3 is 2.80 bits per heavy atom. The van der Waals surface area contributed by atoms with Crippen molar-refractivity contribution in [2.24, 2.45) is 5.92 Å². The van der Waals surface area contributed by atoms with Crippen molar-refractivity contribution in [2.75, 3.05) is 19.0 Å². The van der Waals surface area contributed by atoms with Gasteiger partial charge >= 0.3 is 5.97 Å². The first-order valence-corrected chi connectivity index (χ1v) is 6.90. The monoisotopic (exact) mass is 347 g/mol. The number of aromatic nitrogens is 2. The quantitative estimate of drug-likeness (QED) is 0.732. The Kier molecular flexibility index (Phi) is 6.15. The molecule has 1 aromatic heterocycles. The summed E-state index contributed by atoms with van der Waals surface area (Å²) in [6.45, 7) is 3.85. The Balaban J connectivity index is 2.84. The van der Waals surface area contributed by atoms with Crippen LogP contribution in [0.5, 0.6) is 0 Å². The highest BCUT2D eigenvalue weighted by Gasteiger charge is 2.14. The number of anilines is 1. The molecule has 1 rings (SSSR count). The number of rotatable bonds is 6.